The van der Waals surface area contributed by atoms with Crippen LogP contribution >= 0.6 is 0 Å². The Bertz CT molecular complexity index is 1350. The lowest BCUT2D eigenvalue weighted by Gasteiger charge is -2.30. The quantitative estimate of drug-likeness (QED) is 0.460. The standard InChI is InChI=1S/C26H32N2O7S/c1-17(2)23(24(29)30)28(36(32,33)21-10-8-20(34-6)9-11-21)16-18-7-12-22-19(15-18)13-14-27(22)25(31)35-26(3,4)5/h7-15,17,23H,16H2,1-6H3,(H,29,30). The summed E-state index contributed by atoms with van der Waals surface area (Å²) >= 11 is 0. The smallest absolute Gasteiger partial charge is 0.418 e. The Morgan fingerprint density at radius 3 is 2.22 bits per heavy atom. The van der Waals surface area contributed by atoms with Crippen molar-refractivity contribution in [1.29, 1.82) is 0 Å². The van der Waals surface area contributed by atoms with Crippen molar-refractivity contribution in [2.24, 2.45) is 5.92 Å². The number of ether oxygens (including phenoxy) is 2. The Morgan fingerprint density at radius 2 is 1.69 bits per heavy atom. The van der Waals surface area contributed by atoms with E-state index >= 15 is 0 Å². The summed E-state index contributed by atoms with van der Waals surface area (Å²) in [6.45, 7) is 8.50. The first-order chi connectivity index (χ1) is 16.7. The first-order valence-corrected chi connectivity index (χ1v) is 12.9. The number of aliphatic carboxylic acids is 1. The van der Waals surface area contributed by atoms with Crippen molar-refractivity contribution in [3.8, 4) is 5.75 Å². The molecule has 194 valence electrons. The maximum absolute atomic E-state index is 13.6. The molecule has 0 radical (unpaired) electrons. The molecule has 0 saturated carbocycles. The normalized spacial score (nSPS) is 13.2. The molecule has 0 aliphatic heterocycles. The van der Waals surface area contributed by atoms with Gasteiger partial charge in [0.2, 0.25) is 10.0 Å². The lowest BCUT2D eigenvalue weighted by atomic mass is 10.0. The molecule has 1 atom stereocenters. The molecule has 0 aliphatic carbocycles. The molecule has 0 aliphatic rings. The number of sulfonamides is 1. The molecule has 10 heteroatoms. The summed E-state index contributed by atoms with van der Waals surface area (Å²) in [5, 5.41) is 10.6. The molecule has 1 unspecified atom stereocenters. The van der Waals surface area contributed by atoms with E-state index in [-0.39, 0.29) is 11.4 Å². The topological polar surface area (TPSA) is 115 Å². The number of rotatable bonds is 8. The third-order valence-electron chi connectivity index (χ3n) is 5.54. The molecule has 2 aromatic carbocycles. The molecular weight excluding hydrogens is 484 g/mol. The number of fused-ring (bicyclic) bond motifs is 1. The number of carboxylic acid groups (broad SMARTS) is 1. The molecule has 0 fully saturated rings. The van der Waals surface area contributed by atoms with E-state index in [1.807, 2.05) is 0 Å². The largest absolute Gasteiger partial charge is 0.497 e. The second kappa shape index (κ2) is 10.3. The van der Waals surface area contributed by atoms with Crippen LogP contribution in [0.2, 0.25) is 0 Å². The van der Waals surface area contributed by atoms with Crippen LogP contribution in [-0.4, -0.2) is 53.2 Å². The van der Waals surface area contributed by atoms with Crippen molar-refractivity contribution >= 4 is 33.0 Å². The van der Waals surface area contributed by atoms with Crippen LogP contribution < -0.4 is 4.74 Å². The Morgan fingerprint density at radius 1 is 1.06 bits per heavy atom. The van der Waals surface area contributed by atoms with Gasteiger partial charge in [0.15, 0.2) is 0 Å². The van der Waals surface area contributed by atoms with Crippen LogP contribution in [-0.2, 0) is 26.1 Å². The van der Waals surface area contributed by atoms with Gasteiger partial charge in [-0.3, -0.25) is 9.36 Å². The van der Waals surface area contributed by atoms with Crippen molar-refractivity contribution in [2.75, 3.05) is 7.11 Å². The van der Waals surface area contributed by atoms with Gasteiger partial charge < -0.3 is 14.6 Å². The highest BCUT2D eigenvalue weighted by Crippen LogP contribution is 2.28. The van der Waals surface area contributed by atoms with Crippen LogP contribution in [0.5, 0.6) is 5.75 Å². The van der Waals surface area contributed by atoms with Crippen LogP contribution in [0.1, 0.15) is 40.2 Å². The second-order valence-corrected chi connectivity index (χ2v) is 11.7. The lowest BCUT2D eigenvalue weighted by molar-refractivity contribution is -0.143. The molecule has 0 saturated heterocycles. The van der Waals surface area contributed by atoms with Crippen molar-refractivity contribution in [3.05, 3.63) is 60.3 Å². The first-order valence-electron chi connectivity index (χ1n) is 11.5. The third kappa shape index (κ3) is 5.88. The van der Waals surface area contributed by atoms with Crippen LogP contribution in [0.4, 0.5) is 4.79 Å². The monoisotopic (exact) mass is 516 g/mol. The molecule has 0 bridgehead atoms. The van der Waals surface area contributed by atoms with Gasteiger partial charge in [-0.1, -0.05) is 19.9 Å². The van der Waals surface area contributed by atoms with Gasteiger partial charge >= 0.3 is 12.1 Å². The number of nitrogens with zero attached hydrogens (tertiary/aromatic N) is 2. The van der Waals surface area contributed by atoms with Crippen molar-refractivity contribution in [3.63, 3.8) is 0 Å². The number of hydrogen-bond donors (Lipinski definition) is 1. The zero-order valence-electron chi connectivity index (χ0n) is 21.3. The molecule has 1 heterocycles. The van der Waals surface area contributed by atoms with Gasteiger partial charge in [-0.25, -0.2) is 13.2 Å². The summed E-state index contributed by atoms with van der Waals surface area (Å²) in [4.78, 5) is 24.7. The van der Waals surface area contributed by atoms with Gasteiger partial charge in [0.1, 0.15) is 17.4 Å². The van der Waals surface area contributed by atoms with Gasteiger partial charge in [0, 0.05) is 18.1 Å². The second-order valence-electron chi connectivity index (χ2n) is 9.81. The number of carboxylic acids is 1. The SMILES string of the molecule is COc1ccc(S(=O)(=O)N(Cc2ccc3c(ccn3C(=O)OC(C)(C)C)c2)C(C(=O)O)C(C)C)cc1. The summed E-state index contributed by atoms with van der Waals surface area (Å²) in [5.74, 6) is -1.24. The third-order valence-corrected chi connectivity index (χ3v) is 7.39. The molecule has 3 rings (SSSR count). The number of hydrogen-bond acceptors (Lipinski definition) is 6. The van der Waals surface area contributed by atoms with E-state index < -0.39 is 39.6 Å². The maximum atomic E-state index is 13.6. The summed E-state index contributed by atoms with van der Waals surface area (Å²) in [6, 6.07) is 11.4. The Kier molecular flexibility index (Phi) is 7.80. The zero-order valence-corrected chi connectivity index (χ0v) is 22.1. The number of methoxy groups -OCH3 is 1. The minimum absolute atomic E-state index is 0.0349. The highest BCUT2D eigenvalue weighted by molar-refractivity contribution is 7.89. The molecular formula is C26H32N2O7S. The van der Waals surface area contributed by atoms with E-state index in [1.54, 1.807) is 65.1 Å². The summed E-state index contributed by atoms with van der Waals surface area (Å²) < 4.78 is 40.2. The number of aromatic nitrogens is 1. The Labute approximate surface area is 211 Å². The lowest BCUT2D eigenvalue weighted by Crippen LogP contribution is -2.47. The van der Waals surface area contributed by atoms with E-state index in [0.29, 0.717) is 22.2 Å². The summed E-state index contributed by atoms with van der Waals surface area (Å²) in [7, 11) is -2.70. The molecule has 36 heavy (non-hydrogen) atoms. The average Bonchev–Trinajstić information content (AvgIpc) is 3.20. The number of carbonyl (C=O) groups is 2. The van der Waals surface area contributed by atoms with Crippen LogP contribution in [0, 0.1) is 5.92 Å². The van der Waals surface area contributed by atoms with Gasteiger partial charge in [0.05, 0.1) is 17.5 Å². The van der Waals surface area contributed by atoms with E-state index in [9.17, 15) is 23.1 Å². The van der Waals surface area contributed by atoms with Gasteiger partial charge in [0.25, 0.3) is 0 Å². The van der Waals surface area contributed by atoms with Gasteiger partial charge in [-0.05, 0) is 74.7 Å². The van der Waals surface area contributed by atoms with E-state index in [1.165, 1.54) is 35.9 Å². The minimum atomic E-state index is -4.18. The summed E-state index contributed by atoms with van der Waals surface area (Å²) in [5.41, 5.74) is 0.511. The zero-order chi connectivity index (χ0) is 26.8. The van der Waals surface area contributed by atoms with Crippen molar-refractivity contribution in [2.45, 2.75) is 57.7 Å². The minimum Gasteiger partial charge on any atom is -0.497 e. The van der Waals surface area contributed by atoms with E-state index in [4.69, 9.17) is 9.47 Å². The molecule has 3 aromatic rings. The van der Waals surface area contributed by atoms with Crippen molar-refractivity contribution in [1.82, 2.24) is 8.87 Å². The summed E-state index contributed by atoms with van der Waals surface area (Å²) in [6.07, 6.45) is 1.06. The predicted molar refractivity (Wildman–Crippen MR) is 136 cm³/mol. The molecule has 1 aromatic heterocycles. The fraction of sp³-hybridized carbons (Fsp3) is 0.385. The number of carbonyl (C=O) groups excluding carboxylic acids is 1. The highest BCUT2D eigenvalue weighted by Gasteiger charge is 2.38. The number of benzene rings is 2. The first kappa shape index (κ1) is 27.2. The molecule has 0 spiro atoms. The van der Waals surface area contributed by atoms with Gasteiger partial charge in [-0.15, -0.1) is 0 Å². The molecule has 0 amide bonds. The van der Waals surface area contributed by atoms with Crippen molar-refractivity contribution < 1.29 is 32.6 Å². The average molecular weight is 517 g/mol. The Hall–Kier alpha value is -3.37. The van der Waals surface area contributed by atoms with E-state index in [2.05, 4.69) is 0 Å². The maximum Gasteiger partial charge on any atom is 0.418 e. The van der Waals surface area contributed by atoms with Gasteiger partial charge in [-0.2, -0.15) is 4.31 Å². The fourth-order valence-electron chi connectivity index (χ4n) is 3.90. The van der Waals surface area contributed by atoms with Crippen LogP contribution in [0.3, 0.4) is 0 Å². The molecule has 9 nitrogen and oxygen atoms in total. The van der Waals surface area contributed by atoms with E-state index in [0.717, 1.165) is 4.31 Å². The highest BCUT2D eigenvalue weighted by atomic mass is 32.2. The fourth-order valence-corrected chi connectivity index (χ4v) is 5.60. The molecule has 1 N–H and O–H groups in total. The van der Waals surface area contributed by atoms with Crippen LogP contribution in [0.25, 0.3) is 10.9 Å². The Balaban J connectivity index is 2.02. The van der Waals surface area contributed by atoms with Crippen LogP contribution in [0.15, 0.2) is 59.6 Å². The predicted octanol–water partition coefficient (Wildman–Crippen LogP) is 4.73.